The molecule has 86 valence electrons. The molecule has 1 aliphatic rings. The number of rotatable bonds is 1. The second kappa shape index (κ2) is 4.56. The lowest BCUT2D eigenvalue weighted by molar-refractivity contribution is 0.190. The number of piperidine rings is 1. The van der Waals surface area contributed by atoms with E-state index in [2.05, 4.69) is 31.2 Å². The van der Waals surface area contributed by atoms with E-state index in [9.17, 15) is 4.79 Å². The summed E-state index contributed by atoms with van der Waals surface area (Å²) in [6.45, 7) is 3.67. The van der Waals surface area contributed by atoms with Crippen molar-refractivity contribution in [1.29, 1.82) is 0 Å². The molecule has 0 aliphatic carbocycles. The van der Waals surface area contributed by atoms with Gasteiger partial charge in [0.15, 0.2) is 0 Å². The van der Waals surface area contributed by atoms with Crippen molar-refractivity contribution in [3.8, 4) is 0 Å². The molecule has 0 aromatic heterocycles. The van der Waals surface area contributed by atoms with Crippen molar-refractivity contribution < 1.29 is 4.79 Å². The van der Waals surface area contributed by atoms with Crippen molar-refractivity contribution in [3.05, 3.63) is 35.4 Å². The minimum Gasteiger partial charge on any atom is -0.351 e. The van der Waals surface area contributed by atoms with Gasteiger partial charge in [0.05, 0.1) is 0 Å². The Morgan fingerprint density at radius 2 is 1.81 bits per heavy atom. The molecule has 0 saturated carbocycles. The number of benzene rings is 1. The summed E-state index contributed by atoms with van der Waals surface area (Å²) < 4.78 is 0. The number of aryl methyl sites for hydroxylation is 1. The third kappa shape index (κ3) is 2.35. The monoisotopic (exact) mass is 218 g/mol. The summed E-state index contributed by atoms with van der Waals surface area (Å²) in [6, 6.07) is 8.40. The Balaban J connectivity index is 1.99. The SMILES string of the molecule is Cc1ccc(C2CCN(C(N)=O)CC2)cc1. The highest BCUT2D eigenvalue weighted by molar-refractivity contribution is 5.72. The van der Waals surface area contributed by atoms with Crippen molar-refractivity contribution in [2.24, 2.45) is 5.73 Å². The van der Waals surface area contributed by atoms with E-state index in [4.69, 9.17) is 5.73 Å². The highest BCUT2D eigenvalue weighted by Crippen LogP contribution is 2.27. The standard InChI is InChI=1S/C13H18N2O/c1-10-2-4-11(5-3-10)12-6-8-15(9-7-12)13(14)16/h2-5,12H,6-9H2,1H3,(H2,14,16). The molecule has 0 spiro atoms. The zero-order chi connectivity index (χ0) is 11.5. The number of hydrogen-bond acceptors (Lipinski definition) is 1. The van der Waals surface area contributed by atoms with Gasteiger partial charge >= 0.3 is 6.03 Å². The molecule has 0 radical (unpaired) electrons. The first kappa shape index (κ1) is 11.0. The second-order valence-electron chi connectivity index (χ2n) is 4.51. The van der Waals surface area contributed by atoms with E-state index in [1.807, 2.05) is 0 Å². The fourth-order valence-electron chi connectivity index (χ4n) is 2.27. The molecule has 0 bridgehead atoms. The van der Waals surface area contributed by atoms with Crippen LogP contribution < -0.4 is 5.73 Å². The Morgan fingerprint density at radius 3 is 2.31 bits per heavy atom. The van der Waals surface area contributed by atoms with E-state index >= 15 is 0 Å². The van der Waals surface area contributed by atoms with Gasteiger partial charge in [-0.05, 0) is 31.2 Å². The van der Waals surface area contributed by atoms with Gasteiger partial charge in [0.1, 0.15) is 0 Å². The van der Waals surface area contributed by atoms with Crippen LogP contribution in [0.3, 0.4) is 0 Å². The van der Waals surface area contributed by atoms with Crippen LogP contribution in [0.5, 0.6) is 0 Å². The van der Waals surface area contributed by atoms with Crippen molar-refractivity contribution in [2.45, 2.75) is 25.7 Å². The second-order valence-corrected chi connectivity index (χ2v) is 4.51. The number of urea groups is 1. The zero-order valence-electron chi connectivity index (χ0n) is 9.65. The topological polar surface area (TPSA) is 46.3 Å². The average Bonchev–Trinajstić information content (AvgIpc) is 2.30. The van der Waals surface area contributed by atoms with Crippen LogP contribution in [0.4, 0.5) is 4.79 Å². The zero-order valence-corrected chi connectivity index (χ0v) is 9.65. The highest BCUT2D eigenvalue weighted by atomic mass is 16.2. The Bertz CT molecular complexity index is 364. The molecule has 2 rings (SSSR count). The van der Waals surface area contributed by atoms with Gasteiger partial charge in [-0.15, -0.1) is 0 Å². The summed E-state index contributed by atoms with van der Waals surface area (Å²) in [5.41, 5.74) is 7.93. The molecule has 3 heteroatoms. The molecule has 1 fully saturated rings. The first-order valence-electron chi connectivity index (χ1n) is 5.78. The first-order valence-corrected chi connectivity index (χ1v) is 5.78. The fourth-order valence-corrected chi connectivity index (χ4v) is 2.27. The summed E-state index contributed by atoms with van der Waals surface area (Å²) in [6.07, 6.45) is 2.04. The molecule has 0 atom stereocenters. The number of nitrogens with two attached hydrogens (primary N) is 1. The molecular weight excluding hydrogens is 200 g/mol. The molecule has 1 aliphatic heterocycles. The van der Waals surface area contributed by atoms with Crippen LogP contribution in [0.2, 0.25) is 0 Å². The summed E-state index contributed by atoms with van der Waals surface area (Å²) in [5.74, 6) is 0.580. The van der Waals surface area contributed by atoms with Crippen molar-refractivity contribution in [2.75, 3.05) is 13.1 Å². The maximum Gasteiger partial charge on any atom is 0.314 e. The molecule has 1 saturated heterocycles. The minimum atomic E-state index is -0.289. The number of likely N-dealkylation sites (tertiary alicyclic amines) is 1. The first-order chi connectivity index (χ1) is 7.66. The third-order valence-electron chi connectivity index (χ3n) is 3.36. The maximum atomic E-state index is 11.0. The number of carbonyl (C=O) groups excluding carboxylic acids is 1. The van der Waals surface area contributed by atoms with Crippen LogP contribution >= 0.6 is 0 Å². The Labute approximate surface area is 96.2 Å². The quantitative estimate of drug-likeness (QED) is 0.772. The smallest absolute Gasteiger partial charge is 0.314 e. The lowest BCUT2D eigenvalue weighted by Crippen LogP contribution is -2.41. The van der Waals surface area contributed by atoms with E-state index in [0.29, 0.717) is 5.92 Å². The van der Waals surface area contributed by atoms with E-state index in [0.717, 1.165) is 25.9 Å². The van der Waals surface area contributed by atoms with Crippen molar-refractivity contribution >= 4 is 6.03 Å². The molecule has 2 amide bonds. The summed E-state index contributed by atoms with van der Waals surface area (Å²) in [4.78, 5) is 12.7. The molecule has 1 aromatic carbocycles. The van der Waals surface area contributed by atoms with Crippen molar-refractivity contribution in [3.63, 3.8) is 0 Å². The number of nitrogens with zero attached hydrogens (tertiary/aromatic N) is 1. The fraction of sp³-hybridized carbons (Fsp3) is 0.462. The van der Waals surface area contributed by atoms with Gasteiger partial charge in [0, 0.05) is 13.1 Å². The lowest BCUT2D eigenvalue weighted by atomic mass is 9.89. The number of carbonyl (C=O) groups is 1. The van der Waals surface area contributed by atoms with Gasteiger partial charge < -0.3 is 10.6 Å². The predicted octanol–water partition coefficient (Wildman–Crippen LogP) is 2.25. The Hall–Kier alpha value is -1.51. The molecule has 16 heavy (non-hydrogen) atoms. The molecule has 1 aromatic rings. The van der Waals surface area contributed by atoms with E-state index in [1.165, 1.54) is 11.1 Å². The molecule has 3 nitrogen and oxygen atoms in total. The van der Waals surface area contributed by atoms with Crippen molar-refractivity contribution in [1.82, 2.24) is 4.90 Å². The van der Waals surface area contributed by atoms with Crippen LogP contribution in [-0.4, -0.2) is 24.0 Å². The van der Waals surface area contributed by atoms with Gasteiger partial charge in [-0.3, -0.25) is 0 Å². The summed E-state index contributed by atoms with van der Waals surface area (Å²) in [5, 5.41) is 0. The van der Waals surface area contributed by atoms with E-state index in [-0.39, 0.29) is 6.03 Å². The largest absolute Gasteiger partial charge is 0.351 e. The predicted molar refractivity (Wildman–Crippen MR) is 64.3 cm³/mol. The number of hydrogen-bond donors (Lipinski definition) is 1. The number of amides is 2. The average molecular weight is 218 g/mol. The third-order valence-corrected chi connectivity index (χ3v) is 3.36. The summed E-state index contributed by atoms with van der Waals surface area (Å²) in [7, 11) is 0. The van der Waals surface area contributed by atoms with Gasteiger partial charge in [-0.2, -0.15) is 0 Å². The van der Waals surface area contributed by atoms with Gasteiger partial charge in [0.25, 0.3) is 0 Å². The minimum absolute atomic E-state index is 0.289. The van der Waals surface area contributed by atoms with Crippen LogP contribution in [-0.2, 0) is 0 Å². The highest BCUT2D eigenvalue weighted by Gasteiger charge is 2.21. The van der Waals surface area contributed by atoms with E-state index < -0.39 is 0 Å². The molecule has 0 unspecified atom stereocenters. The molecule has 1 heterocycles. The molecular formula is C13H18N2O. The lowest BCUT2D eigenvalue weighted by Gasteiger charge is -2.31. The summed E-state index contributed by atoms with van der Waals surface area (Å²) >= 11 is 0. The van der Waals surface area contributed by atoms with Crippen LogP contribution in [0.25, 0.3) is 0 Å². The van der Waals surface area contributed by atoms with Crippen LogP contribution in [0.15, 0.2) is 24.3 Å². The Kier molecular flexibility index (Phi) is 3.13. The normalized spacial score (nSPS) is 17.4. The van der Waals surface area contributed by atoms with Gasteiger partial charge in [-0.25, -0.2) is 4.79 Å². The molecule has 2 N–H and O–H groups in total. The van der Waals surface area contributed by atoms with E-state index in [1.54, 1.807) is 4.90 Å². The Morgan fingerprint density at radius 1 is 1.25 bits per heavy atom. The van der Waals surface area contributed by atoms with Gasteiger partial charge in [-0.1, -0.05) is 29.8 Å². The van der Waals surface area contributed by atoms with Crippen LogP contribution in [0, 0.1) is 6.92 Å². The maximum absolute atomic E-state index is 11.0. The van der Waals surface area contributed by atoms with Crippen LogP contribution in [0.1, 0.15) is 29.9 Å². The van der Waals surface area contributed by atoms with Gasteiger partial charge in [0.2, 0.25) is 0 Å². The number of primary amides is 1.